The van der Waals surface area contributed by atoms with Crippen molar-refractivity contribution in [2.24, 2.45) is 5.10 Å². The number of methoxy groups -OCH3 is 2. The van der Waals surface area contributed by atoms with E-state index in [-0.39, 0.29) is 0 Å². The molecule has 0 unspecified atom stereocenters. The highest BCUT2D eigenvalue weighted by Gasteiger charge is 2.05. The molecular weight excluding hydrogens is 423 g/mol. The topological polar surface area (TPSA) is 52.1 Å². The minimum absolute atomic E-state index is 0.415. The number of hydrogen-bond acceptors (Lipinski definition) is 5. The number of halogens is 2. The molecular formula is C23H22Cl2N2O3. The second-order valence-electron chi connectivity index (χ2n) is 6.38. The molecule has 0 aliphatic heterocycles. The molecule has 3 aromatic carbocycles. The van der Waals surface area contributed by atoms with Gasteiger partial charge in [0.05, 0.1) is 27.0 Å². The van der Waals surface area contributed by atoms with E-state index < -0.39 is 0 Å². The largest absolute Gasteiger partial charge is 0.493 e. The predicted octanol–water partition coefficient (Wildman–Crippen LogP) is 5.71. The van der Waals surface area contributed by atoms with Crippen molar-refractivity contribution >= 4 is 29.4 Å². The number of ether oxygens (including phenoxy) is 3. The monoisotopic (exact) mass is 444 g/mol. The Kier molecular flexibility index (Phi) is 7.82. The maximum absolute atomic E-state index is 6.14. The van der Waals surface area contributed by atoms with Crippen LogP contribution in [-0.2, 0) is 13.2 Å². The highest BCUT2D eigenvalue weighted by atomic mass is 35.5. The molecule has 0 fully saturated rings. The molecule has 3 rings (SSSR count). The van der Waals surface area contributed by atoms with E-state index in [1.54, 1.807) is 32.6 Å². The van der Waals surface area contributed by atoms with Crippen LogP contribution in [0.5, 0.6) is 17.2 Å². The van der Waals surface area contributed by atoms with Crippen LogP contribution in [0.1, 0.15) is 16.7 Å². The van der Waals surface area contributed by atoms with Crippen molar-refractivity contribution in [2.75, 3.05) is 14.2 Å². The number of nitrogens with zero attached hydrogens (tertiary/aromatic N) is 1. The SMILES string of the molecule is COc1ccc(CN/N=C\c2cc(Cl)ccc2OCc2ccc(Cl)cc2)cc1OC. The van der Waals surface area contributed by atoms with Gasteiger partial charge in [-0.3, -0.25) is 0 Å². The van der Waals surface area contributed by atoms with Crippen molar-refractivity contribution in [2.45, 2.75) is 13.2 Å². The van der Waals surface area contributed by atoms with Crippen LogP contribution in [0.3, 0.4) is 0 Å². The standard InChI is InChI=1S/C23H22Cl2N2O3/c1-28-22-9-5-17(11-23(22)29-2)13-26-27-14-18-12-20(25)8-10-21(18)30-15-16-3-6-19(24)7-4-16/h3-12,14,26H,13,15H2,1-2H3/b27-14-. The lowest BCUT2D eigenvalue weighted by Gasteiger charge is -2.10. The van der Waals surface area contributed by atoms with E-state index in [0.717, 1.165) is 16.7 Å². The first-order valence-corrected chi connectivity index (χ1v) is 9.98. The van der Waals surface area contributed by atoms with Crippen LogP contribution in [0.25, 0.3) is 0 Å². The van der Waals surface area contributed by atoms with Gasteiger partial charge >= 0.3 is 0 Å². The molecule has 30 heavy (non-hydrogen) atoms. The Morgan fingerprint density at radius 2 is 1.47 bits per heavy atom. The Morgan fingerprint density at radius 1 is 0.800 bits per heavy atom. The summed E-state index contributed by atoms with van der Waals surface area (Å²) in [6.07, 6.45) is 1.68. The van der Waals surface area contributed by atoms with E-state index in [1.807, 2.05) is 48.5 Å². The molecule has 0 aliphatic rings. The third-order valence-corrected chi connectivity index (χ3v) is 4.79. The lowest BCUT2D eigenvalue weighted by Crippen LogP contribution is -2.06. The van der Waals surface area contributed by atoms with Gasteiger partial charge in [0.25, 0.3) is 0 Å². The van der Waals surface area contributed by atoms with Gasteiger partial charge in [-0.2, -0.15) is 5.10 Å². The normalized spacial score (nSPS) is 10.8. The maximum Gasteiger partial charge on any atom is 0.161 e. The number of rotatable bonds is 9. The molecule has 0 radical (unpaired) electrons. The molecule has 7 heteroatoms. The van der Waals surface area contributed by atoms with E-state index >= 15 is 0 Å². The average molecular weight is 445 g/mol. The van der Waals surface area contributed by atoms with Crippen LogP contribution < -0.4 is 19.6 Å². The molecule has 5 nitrogen and oxygen atoms in total. The van der Waals surface area contributed by atoms with Gasteiger partial charge in [-0.25, -0.2) is 0 Å². The maximum atomic E-state index is 6.14. The zero-order valence-corrected chi connectivity index (χ0v) is 18.2. The molecule has 0 aliphatic carbocycles. The van der Waals surface area contributed by atoms with Gasteiger partial charge in [0.2, 0.25) is 0 Å². The minimum Gasteiger partial charge on any atom is -0.493 e. The Labute approximate surface area is 186 Å². The summed E-state index contributed by atoms with van der Waals surface area (Å²) < 4.78 is 16.5. The van der Waals surface area contributed by atoms with Crippen molar-refractivity contribution in [1.82, 2.24) is 5.43 Å². The van der Waals surface area contributed by atoms with Gasteiger partial charge < -0.3 is 19.6 Å². The predicted molar refractivity (Wildman–Crippen MR) is 121 cm³/mol. The first-order chi connectivity index (χ1) is 14.6. The van der Waals surface area contributed by atoms with E-state index in [0.29, 0.717) is 40.4 Å². The third kappa shape index (κ3) is 6.05. The van der Waals surface area contributed by atoms with Crippen LogP contribution in [-0.4, -0.2) is 20.4 Å². The Bertz CT molecular complexity index is 1010. The van der Waals surface area contributed by atoms with E-state index in [1.165, 1.54) is 0 Å². The van der Waals surface area contributed by atoms with Gasteiger partial charge in [0.15, 0.2) is 11.5 Å². The second-order valence-corrected chi connectivity index (χ2v) is 7.25. The molecule has 0 bridgehead atoms. The van der Waals surface area contributed by atoms with Crippen molar-refractivity contribution in [3.05, 3.63) is 87.4 Å². The van der Waals surface area contributed by atoms with Gasteiger partial charge in [0, 0.05) is 15.6 Å². The van der Waals surface area contributed by atoms with Crippen LogP contribution in [0.2, 0.25) is 10.0 Å². The lowest BCUT2D eigenvalue weighted by molar-refractivity contribution is 0.306. The van der Waals surface area contributed by atoms with Crippen LogP contribution >= 0.6 is 23.2 Å². The molecule has 0 aromatic heterocycles. The van der Waals surface area contributed by atoms with Crippen molar-refractivity contribution in [3.8, 4) is 17.2 Å². The van der Waals surface area contributed by atoms with E-state index in [9.17, 15) is 0 Å². The molecule has 0 saturated carbocycles. The van der Waals surface area contributed by atoms with Crippen LogP contribution in [0, 0.1) is 0 Å². The molecule has 0 atom stereocenters. The van der Waals surface area contributed by atoms with Gasteiger partial charge in [-0.05, 0) is 53.6 Å². The second kappa shape index (κ2) is 10.8. The molecule has 0 spiro atoms. The van der Waals surface area contributed by atoms with Crippen molar-refractivity contribution in [1.29, 1.82) is 0 Å². The van der Waals surface area contributed by atoms with Crippen molar-refractivity contribution in [3.63, 3.8) is 0 Å². The summed E-state index contributed by atoms with van der Waals surface area (Å²) in [5.41, 5.74) is 5.83. The molecule has 0 amide bonds. The highest BCUT2D eigenvalue weighted by molar-refractivity contribution is 6.31. The third-order valence-electron chi connectivity index (χ3n) is 4.31. The zero-order valence-electron chi connectivity index (χ0n) is 16.7. The highest BCUT2D eigenvalue weighted by Crippen LogP contribution is 2.27. The van der Waals surface area contributed by atoms with E-state index in [4.69, 9.17) is 37.4 Å². The Morgan fingerprint density at radius 3 is 2.20 bits per heavy atom. The fourth-order valence-corrected chi connectivity index (χ4v) is 3.04. The van der Waals surface area contributed by atoms with Crippen LogP contribution in [0.15, 0.2) is 65.8 Å². The van der Waals surface area contributed by atoms with Gasteiger partial charge in [-0.15, -0.1) is 0 Å². The summed E-state index contributed by atoms with van der Waals surface area (Å²) in [6, 6.07) is 18.7. The summed E-state index contributed by atoms with van der Waals surface area (Å²) in [7, 11) is 3.22. The fourth-order valence-electron chi connectivity index (χ4n) is 2.74. The first-order valence-electron chi connectivity index (χ1n) is 9.22. The smallest absolute Gasteiger partial charge is 0.161 e. The summed E-state index contributed by atoms with van der Waals surface area (Å²) in [5.74, 6) is 2.05. The zero-order chi connectivity index (χ0) is 21.3. The van der Waals surface area contributed by atoms with Crippen molar-refractivity contribution < 1.29 is 14.2 Å². The number of hydrazone groups is 1. The molecule has 0 saturated heterocycles. The minimum atomic E-state index is 0.415. The fraction of sp³-hybridized carbons (Fsp3) is 0.174. The van der Waals surface area contributed by atoms with Gasteiger partial charge in [-0.1, -0.05) is 41.4 Å². The summed E-state index contributed by atoms with van der Waals surface area (Å²) in [5, 5.41) is 5.60. The molecule has 156 valence electrons. The quantitative estimate of drug-likeness (QED) is 0.339. The lowest BCUT2D eigenvalue weighted by atomic mass is 10.2. The van der Waals surface area contributed by atoms with Gasteiger partial charge in [0.1, 0.15) is 12.4 Å². The molecule has 3 aromatic rings. The van der Waals surface area contributed by atoms with Crippen LogP contribution in [0.4, 0.5) is 0 Å². The Hall–Kier alpha value is -2.89. The first kappa shape index (κ1) is 21.8. The average Bonchev–Trinajstić information content (AvgIpc) is 2.77. The summed E-state index contributed by atoms with van der Waals surface area (Å²) >= 11 is 12.1. The van der Waals surface area contributed by atoms with E-state index in [2.05, 4.69) is 10.5 Å². The molecule has 0 heterocycles. The number of benzene rings is 3. The Balaban J connectivity index is 1.63. The summed E-state index contributed by atoms with van der Waals surface area (Å²) in [4.78, 5) is 0. The molecule has 1 N–H and O–H groups in total. The number of nitrogens with one attached hydrogen (secondary N) is 1. The summed E-state index contributed by atoms with van der Waals surface area (Å²) in [6.45, 7) is 0.942. The number of hydrogen-bond donors (Lipinski definition) is 1.